The molecule has 4 aliphatic heterocycles. The third-order valence-electron chi connectivity index (χ3n) is 8.71. The summed E-state index contributed by atoms with van der Waals surface area (Å²) in [5.41, 5.74) is 2.74. The highest BCUT2D eigenvalue weighted by molar-refractivity contribution is 5.82. The second-order valence-corrected chi connectivity index (χ2v) is 12.6. The van der Waals surface area contributed by atoms with Crippen LogP contribution in [-0.2, 0) is 16.1 Å². The van der Waals surface area contributed by atoms with Crippen molar-refractivity contribution in [3.8, 4) is 0 Å². The molecule has 5 rings (SSSR count). The highest BCUT2D eigenvalue weighted by atomic mass is 19.1. The fourth-order valence-corrected chi connectivity index (χ4v) is 6.31. The molecule has 40 heavy (non-hydrogen) atoms. The second kappa shape index (κ2) is 11.4. The molecule has 1 aromatic rings. The molecule has 218 valence electrons. The molecule has 0 saturated carbocycles. The molecule has 3 fully saturated rings. The van der Waals surface area contributed by atoms with E-state index in [9.17, 15) is 13.6 Å². The van der Waals surface area contributed by atoms with Crippen LogP contribution in [0.3, 0.4) is 0 Å². The minimum absolute atomic E-state index is 0.0608. The van der Waals surface area contributed by atoms with Gasteiger partial charge in [-0.25, -0.2) is 8.78 Å². The highest BCUT2D eigenvalue weighted by Gasteiger charge is 2.44. The molecule has 0 bridgehead atoms. The number of likely N-dealkylation sites (tertiary alicyclic amines) is 1. The van der Waals surface area contributed by atoms with E-state index in [1.54, 1.807) is 0 Å². The van der Waals surface area contributed by atoms with E-state index in [2.05, 4.69) is 56.3 Å². The number of amides is 1. The molecule has 3 saturated heterocycles. The number of carbonyl (C=O) groups is 1. The Morgan fingerprint density at radius 1 is 1.18 bits per heavy atom. The van der Waals surface area contributed by atoms with Crippen LogP contribution in [0.15, 0.2) is 54.0 Å². The molecule has 4 aliphatic rings. The third-order valence-corrected chi connectivity index (χ3v) is 8.71. The van der Waals surface area contributed by atoms with Crippen molar-refractivity contribution >= 4 is 5.91 Å². The van der Waals surface area contributed by atoms with E-state index in [1.165, 1.54) is 12.1 Å². The van der Waals surface area contributed by atoms with Gasteiger partial charge >= 0.3 is 0 Å². The maximum Gasteiger partial charge on any atom is 0.241 e. The number of carbonyl (C=O) groups excluding carboxylic acids is 1. The van der Waals surface area contributed by atoms with Crippen LogP contribution in [0.1, 0.15) is 40.2 Å². The van der Waals surface area contributed by atoms with Crippen molar-refractivity contribution in [3.05, 3.63) is 71.2 Å². The van der Waals surface area contributed by atoms with Crippen LogP contribution in [0, 0.1) is 17.0 Å². The molecule has 4 atom stereocenters. The number of morpholine rings is 1. The average molecular weight is 556 g/mol. The van der Waals surface area contributed by atoms with E-state index in [4.69, 9.17) is 4.74 Å². The number of fused-ring (bicyclic) bond motifs is 1. The van der Waals surface area contributed by atoms with Crippen LogP contribution in [-0.4, -0.2) is 95.6 Å². The second-order valence-electron chi connectivity index (χ2n) is 12.6. The van der Waals surface area contributed by atoms with Crippen molar-refractivity contribution in [2.75, 3.05) is 45.9 Å². The van der Waals surface area contributed by atoms with Crippen LogP contribution in [0.4, 0.5) is 8.78 Å². The summed E-state index contributed by atoms with van der Waals surface area (Å²) in [6.07, 6.45) is 4.11. The van der Waals surface area contributed by atoms with Gasteiger partial charge in [0.05, 0.1) is 31.5 Å². The fraction of sp³-hybridized carbons (Fsp3) is 0.581. The topological polar surface area (TPSA) is 51.3 Å². The van der Waals surface area contributed by atoms with Crippen LogP contribution >= 0.6 is 0 Å². The third kappa shape index (κ3) is 6.03. The van der Waals surface area contributed by atoms with Crippen LogP contribution in [0.2, 0.25) is 0 Å². The number of nitrogens with one attached hydrogen (secondary N) is 1. The lowest BCUT2D eigenvalue weighted by atomic mass is 9.85. The zero-order valence-corrected chi connectivity index (χ0v) is 24.4. The minimum atomic E-state index is -0.605. The van der Waals surface area contributed by atoms with Gasteiger partial charge in [-0.05, 0) is 38.5 Å². The van der Waals surface area contributed by atoms with Gasteiger partial charge in [0, 0.05) is 79.8 Å². The summed E-state index contributed by atoms with van der Waals surface area (Å²) >= 11 is 0. The standard InChI is InChI=1S/C31H43F2N5O2/c1-20-12-37(26(11-34-20)15-35-13-23(4)40-18-22(35)3)17-30(39)38-19-31(5,6)27-9-21(2)36(16-29(27)38)14-24-7-8-25(32)10-28(24)33/h7-10,16,20,22-23,26,34H,2,11-15,17-19H2,1,3-6H3/t20-,22-,23+,26-/m1/s1. The van der Waals surface area contributed by atoms with Crippen molar-refractivity contribution in [2.24, 2.45) is 5.41 Å². The normalized spacial score (nSPS) is 29.3. The van der Waals surface area contributed by atoms with E-state index >= 15 is 0 Å². The molecule has 0 spiro atoms. The van der Waals surface area contributed by atoms with Crippen molar-refractivity contribution in [3.63, 3.8) is 0 Å². The Labute approximate surface area is 237 Å². The Bertz CT molecular complexity index is 1210. The first-order valence-electron chi connectivity index (χ1n) is 14.4. The monoisotopic (exact) mass is 555 g/mol. The van der Waals surface area contributed by atoms with E-state index in [0.29, 0.717) is 30.7 Å². The van der Waals surface area contributed by atoms with Gasteiger partial charge < -0.3 is 19.9 Å². The first kappa shape index (κ1) is 28.9. The van der Waals surface area contributed by atoms with E-state index in [0.717, 1.165) is 55.8 Å². The fourth-order valence-electron chi connectivity index (χ4n) is 6.31. The largest absolute Gasteiger partial charge is 0.376 e. The molecule has 0 aliphatic carbocycles. The summed E-state index contributed by atoms with van der Waals surface area (Å²) in [6.45, 7) is 20.2. The summed E-state index contributed by atoms with van der Waals surface area (Å²) in [6, 6.07) is 4.48. The predicted molar refractivity (Wildman–Crippen MR) is 152 cm³/mol. The van der Waals surface area contributed by atoms with Crippen LogP contribution in [0.5, 0.6) is 0 Å². The van der Waals surface area contributed by atoms with Gasteiger partial charge in [-0.15, -0.1) is 0 Å². The molecular formula is C31H43F2N5O2. The summed E-state index contributed by atoms with van der Waals surface area (Å²) in [4.78, 5) is 22.5. The van der Waals surface area contributed by atoms with Gasteiger partial charge in [0.15, 0.2) is 0 Å². The Hall–Kier alpha value is -2.59. The molecule has 1 aromatic carbocycles. The van der Waals surface area contributed by atoms with Gasteiger partial charge in [0.2, 0.25) is 5.91 Å². The number of hydrogen-bond acceptors (Lipinski definition) is 6. The van der Waals surface area contributed by atoms with Crippen LogP contribution < -0.4 is 5.32 Å². The highest BCUT2D eigenvalue weighted by Crippen LogP contribution is 2.45. The molecule has 0 aromatic heterocycles. The molecular weight excluding hydrogens is 512 g/mol. The average Bonchev–Trinajstić information content (AvgIpc) is 3.14. The first-order valence-corrected chi connectivity index (χ1v) is 14.4. The summed E-state index contributed by atoms with van der Waals surface area (Å²) in [7, 11) is 0. The summed E-state index contributed by atoms with van der Waals surface area (Å²) < 4.78 is 33.7. The zero-order chi connectivity index (χ0) is 28.8. The van der Waals surface area contributed by atoms with Crippen molar-refractivity contribution in [2.45, 2.75) is 65.4 Å². The quantitative estimate of drug-likeness (QED) is 0.578. The Kier molecular flexibility index (Phi) is 8.21. The van der Waals surface area contributed by atoms with Gasteiger partial charge in [0.1, 0.15) is 11.6 Å². The number of hydrogen-bond donors (Lipinski definition) is 1. The lowest BCUT2D eigenvalue weighted by Crippen LogP contribution is -2.62. The zero-order valence-electron chi connectivity index (χ0n) is 24.4. The first-order chi connectivity index (χ1) is 18.9. The molecule has 0 unspecified atom stereocenters. The maximum absolute atomic E-state index is 14.5. The number of piperazine rings is 1. The molecule has 9 heteroatoms. The molecule has 7 nitrogen and oxygen atoms in total. The van der Waals surface area contributed by atoms with Gasteiger partial charge in [0.25, 0.3) is 0 Å². The Balaban J connectivity index is 1.34. The van der Waals surface area contributed by atoms with Gasteiger partial charge in [-0.1, -0.05) is 26.5 Å². The lowest BCUT2D eigenvalue weighted by Gasteiger charge is -2.44. The molecule has 4 heterocycles. The maximum atomic E-state index is 14.5. The minimum Gasteiger partial charge on any atom is -0.376 e. The van der Waals surface area contributed by atoms with E-state index in [1.807, 2.05) is 22.1 Å². The van der Waals surface area contributed by atoms with Crippen molar-refractivity contribution < 1.29 is 18.3 Å². The van der Waals surface area contributed by atoms with Crippen molar-refractivity contribution in [1.82, 2.24) is 24.9 Å². The molecule has 1 amide bonds. The Morgan fingerprint density at radius 3 is 2.70 bits per heavy atom. The van der Waals surface area contributed by atoms with Gasteiger partial charge in [-0.3, -0.25) is 14.6 Å². The van der Waals surface area contributed by atoms with Crippen molar-refractivity contribution in [1.29, 1.82) is 0 Å². The molecule has 1 N–H and O–H groups in total. The number of ether oxygens (including phenoxy) is 1. The number of benzene rings is 1. The lowest BCUT2D eigenvalue weighted by molar-refractivity contribution is -0.131. The number of halogens is 2. The smallest absolute Gasteiger partial charge is 0.241 e. The Morgan fingerprint density at radius 2 is 1.95 bits per heavy atom. The van der Waals surface area contributed by atoms with Crippen LogP contribution in [0.25, 0.3) is 0 Å². The summed E-state index contributed by atoms with van der Waals surface area (Å²) in [5, 5.41) is 3.61. The van der Waals surface area contributed by atoms with Gasteiger partial charge in [-0.2, -0.15) is 0 Å². The summed E-state index contributed by atoms with van der Waals surface area (Å²) in [5.74, 6) is -1.14. The molecule has 0 radical (unpaired) electrons. The van der Waals surface area contributed by atoms with E-state index < -0.39 is 11.6 Å². The predicted octanol–water partition coefficient (Wildman–Crippen LogP) is 3.70. The van der Waals surface area contributed by atoms with E-state index in [-0.39, 0.29) is 30.0 Å². The SMILES string of the molecule is C=C1C=C2C(=CN1Cc1ccc(F)cc1F)N(C(=O)CN1C[C@@H](C)NC[C@@H]1CN1C[C@H](C)OC[C@H]1C)CC2(C)C. The number of allylic oxidation sites excluding steroid dienone is 2. The number of rotatable bonds is 6. The number of nitrogens with zero attached hydrogens (tertiary/aromatic N) is 4.